The number of nitrogens with two attached hydrogens (primary N) is 1. The van der Waals surface area contributed by atoms with Crippen LogP contribution in [0.25, 0.3) is 0 Å². The Morgan fingerprint density at radius 2 is 1.86 bits per heavy atom. The molecule has 1 aromatic rings. The lowest BCUT2D eigenvalue weighted by atomic mass is 10.0. The highest BCUT2D eigenvalue weighted by Gasteiger charge is 2.18. The van der Waals surface area contributed by atoms with Crippen molar-refractivity contribution in [1.29, 1.82) is 0 Å². The highest BCUT2D eigenvalue weighted by Crippen LogP contribution is 2.29. The molecule has 0 bridgehead atoms. The van der Waals surface area contributed by atoms with E-state index in [2.05, 4.69) is 0 Å². The van der Waals surface area contributed by atoms with E-state index in [1.165, 1.54) is 0 Å². The number of aliphatic hydroxyl groups is 1. The fourth-order valence-electron chi connectivity index (χ4n) is 1.19. The van der Waals surface area contributed by atoms with Crippen LogP contribution in [0, 0.1) is 11.6 Å². The molecule has 14 heavy (non-hydrogen) atoms. The largest absolute Gasteiger partial charge is 0.505 e. The van der Waals surface area contributed by atoms with Crippen molar-refractivity contribution in [3.05, 3.63) is 29.3 Å². The quantitative estimate of drug-likeness (QED) is 0.688. The Bertz CT molecular complexity index is 331. The maximum atomic E-state index is 13.1. The number of rotatable bonds is 3. The van der Waals surface area contributed by atoms with Gasteiger partial charge < -0.3 is 15.9 Å². The van der Waals surface area contributed by atoms with Crippen LogP contribution in [-0.2, 0) is 0 Å². The smallest absolute Gasteiger partial charge is 0.165 e. The molecule has 0 radical (unpaired) electrons. The topological polar surface area (TPSA) is 66.5 Å². The van der Waals surface area contributed by atoms with Crippen LogP contribution in [-0.4, -0.2) is 16.8 Å². The Kier molecular flexibility index (Phi) is 3.38. The normalized spacial score (nSPS) is 12.9. The average Bonchev–Trinajstić information content (AvgIpc) is 2.13. The Labute approximate surface area is 79.8 Å². The van der Waals surface area contributed by atoms with E-state index >= 15 is 0 Å². The standard InChI is InChI=1S/C9H11F2NO2/c10-5-1-2-6(11)9(14)8(5)7(12)3-4-13/h1-2,7,13-14H,3-4,12H2/t7-/m0/s1. The molecule has 0 fully saturated rings. The summed E-state index contributed by atoms with van der Waals surface area (Å²) in [4.78, 5) is 0. The third-order valence-corrected chi connectivity index (χ3v) is 1.93. The number of halogens is 2. The summed E-state index contributed by atoms with van der Waals surface area (Å²) in [6.45, 7) is -0.253. The lowest BCUT2D eigenvalue weighted by Gasteiger charge is -2.13. The minimum atomic E-state index is -0.921. The van der Waals surface area contributed by atoms with Crippen molar-refractivity contribution in [3.8, 4) is 5.75 Å². The van der Waals surface area contributed by atoms with E-state index in [4.69, 9.17) is 10.8 Å². The van der Waals surface area contributed by atoms with Crippen LogP contribution in [0.1, 0.15) is 18.0 Å². The zero-order valence-corrected chi connectivity index (χ0v) is 7.37. The number of phenols is 1. The highest BCUT2D eigenvalue weighted by atomic mass is 19.1. The zero-order chi connectivity index (χ0) is 10.7. The minimum Gasteiger partial charge on any atom is -0.505 e. The molecule has 0 aliphatic rings. The van der Waals surface area contributed by atoms with E-state index in [9.17, 15) is 13.9 Å². The van der Waals surface area contributed by atoms with Gasteiger partial charge in [-0.2, -0.15) is 0 Å². The maximum Gasteiger partial charge on any atom is 0.165 e. The molecule has 0 unspecified atom stereocenters. The van der Waals surface area contributed by atoms with Gasteiger partial charge in [-0.05, 0) is 18.6 Å². The third kappa shape index (κ3) is 2.00. The number of phenolic OH excluding ortho intramolecular Hbond substituents is 1. The Morgan fingerprint density at radius 3 is 2.43 bits per heavy atom. The van der Waals surface area contributed by atoms with Gasteiger partial charge in [-0.3, -0.25) is 0 Å². The van der Waals surface area contributed by atoms with E-state index in [0.717, 1.165) is 12.1 Å². The van der Waals surface area contributed by atoms with Gasteiger partial charge in [0.15, 0.2) is 11.6 Å². The summed E-state index contributed by atoms with van der Waals surface area (Å²) in [7, 11) is 0. The zero-order valence-electron chi connectivity index (χ0n) is 7.37. The molecule has 0 aliphatic carbocycles. The predicted octanol–water partition coefficient (Wildman–Crippen LogP) is 1.05. The van der Waals surface area contributed by atoms with Crippen molar-refractivity contribution in [2.45, 2.75) is 12.5 Å². The van der Waals surface area contributed by atoms with Gasteiger partial charge in [-0.15, -0.1) is 0 Å². The second kappa shape index (κ2) is 4.34. The van der Waals surface area contributed by atoms with Gasteiger partial charge in [0, 0.05) is 18.2 Å². The van der Waals surface area contributed by atoms with Gasteiger partial charge in [0.2, 0.25) is 0 Å². The van der Waals surface area contributed by atoms with Crippen molar-refractivity contribution in [3.63, 3.8) is 0 Å². The molecule has 0 aromatic heterocycles. The van der Waals surface area contributed by atoms with Gasteiger partial charge in [-0.25, -0.2) is 8.78 Å². The minimum absolute atomic E-state index is 0.0634. The van der Waals surface area contributed by atoms with Crippen molar-refractivity contribution >= 4 is 0 Å². The monoisotopic (exact) mass is 203 g/mol. The number of benzene rings is 1. The third-order valence-electron chi connectivity index (χ3n) is 1.93. The molecular weight excluding hydrogens is 192 g/mol. The molecule has 3 nitrogen and oxygen atoms in total. The van der Waals surface area contributed by atoms with E-state index in [1.54, 1.807) is 0 Å². The molecule has 1 aromatic carbocycles. The number of hydrogen-bond donors (Lipinski definition) is 3. The van der Waals surface area contributed by atoms with Crippen LogP contribution >= 0.6 is 0 Å². The molecule has 78 valence electrons. The summed E-state index contributed by atoms with van der Waals surface area (Å²) >= 11 is 0. The molecule has 5 heteroatoms. The first kappa shape index (κ1) is 10.9. The predicted molar refractivity (Wildman–Crippen MR) is 46.7 cm³/mol. The summed E-state index contributed by atoms with van der Waals surface area (Å²) in [6, 6.07) is 0.803. The van der Waals surface area contributed by atoms with Crippen molar-refractivity contribution < 1.29 is 19.0 Å². The Morgan fingerprint density at radius 1 is 1.29 bits per heavy atom. The summed E-state index contributed by atoms with van der Waals surface area (Å²) in [6.07, 6.45) is 0.0634. The SMILES string of the molecule is N[C@@H](CCO)c1c(F)ccc(F)c1O. The van der Waals surface area contributed by atoms with E-state index in [-0.39, 0.29) is 18.6 Å². The molecule has 0 saturated heterocycles. The summed E-state index contributed by atoms with van der Waals surface area (Å²) in [5, 5.41) is 17.8. The van der Waals surface area contributed by atoms with E-state index < -0.39 is 23.4 Å². The number of hydrogen-bond acceptors (Lipinski definition) is 3. The summed E-state index contributed by atoms with van der Waals surface area (Å²) in [5.41, 5.74) is 5.16. The fourth-order valence-corrected chi connectivity index (χ4v) is 1.19. The average molecular weight is 203 g/mol. The van der Waals surface area contributed by atoms with Crippen LogP contribution in [0.4, 0.5) is 8.78 Å². The van der Waals surface area contributed by atoms with Gasteiger partial charge >= 0.3 is 0 Å². The first-order valence-electron chi connectivity index (χ1n) is 4.11. The van der Waals surface area contributed by atoms with Crippen LogP contribution < -0.4 is 5.73 Å². The van der Waals surface area contributed by atoms with Gasteiger partial charge in [0.1, 0.15) is 5.82 Å². The molecular formula is C9H11F2NO2. The lowest BCUT2D eigenvalue weighted by Crippen LogP contribution is -2.14. The Hall–Kier alpha value is -1.20. The molecule has 0 amide bonds. The van der Waals surface area contributed by atoms with Crippen molar-refractivity contribution in [2.75, 3.05) is 6.61 Å². The van der Waals surface area contributed by atoms with Gasteiger partial charge in [0.05, 0.1) is 0 Å². The first-order chi connectivity index (χ1) is 6.57. The van der Waals surface area contributed by atoms with E-state index in [0.29, 0.717) is 0 Å². The van der Waals surface area contributed by atoms with Crippen LogP contribution in [0.15, 0.2) is 12.1 Å². The molecule has 1 rings (SSSR count). The fraction of sp³-hybridized carbons (Fsp3) is 0.333. The molecule has 0 heterocycles. The molecule has 1 atom stereocenters. The summed E-state index contributed by atoms with van der Waals surface area (Å²) < 4.78 is 25.9. The maximum absolute atomic E-state index is 13.1. The van der Waals surface area contributed by atoms with Crippen LogP contribution in [0.3, 0.4) is 0 Å². The van der Waals surface area contributed by atoms with Crippen molar-refractivity contribution in [2.24, 2.45) is 5.73 Å². The second-order valence-electron chi connectivity index (χ2n) is 2.91. The molecule has 0 aliphatic heterocycles. The second-order valence-corrected chi connectivity index (χ2v) is 2.91. The highest BCUT2D eigenvalue weighted by molar-refractivity contribution is 5.37. The van der Waals surface area contributed by atoms with Crippen LogP contribution in [0.2, 0.25) is 0 Å². The number of aromatic hydroxyl groups is 1. The van der Waals surface area contributed by atoms with Crippen LogP contribution in [0.5, 0.6) is 5.75 Å². The number of aliphatic hydroxyl groups excluding tert-OH is 1. The molecule has 4 N–H and O–H groups in total. The van der Waals surface area contributed by atoms with Crippen molar-refractivity contribution in [1.82, 2.24) is 0 Å². The van der Waals surface area contributed by atoms with Gasteiger partial charge in [0.25, 0.3) is 0 Å². The lowest BCUT2D eigenvalue weighted by molar-refractivity contribution is 0.273. The molecule has 0 spiro atoms. The summed E-state index contributed by atoms with van der Waals surface area (Å²) in [5.74, 6) is -2.48. The molecule has 0 saturated carbocycles. The van der Waals surface area contributed by atoms with E-state index in [1.807, 2.05) is 0 Å². The first-order valence-corrected chi connectivity index (χ1v) is 4.11. The van der Waals surface area contributed by atoms with Gasteiger partial charge in [-0.1, -0.05) is 0 Å². The Balaban J connectivity index is 3.11.